The SMILES string of the molecule is N#CCCOCCC#CC[NH+]1CCCC[C@@H]1c1cccnc1. The van der Waals surface area contributed by atoms with Crippen LogP contribution in [-0.2, 0) is 4.74 Å². The zero-order chi connectivity index (χ0) is 15.5. The average Bonchev–Trinajstić information content (AvgIpc) is 2.58. The third kappa shape index (κ3) is 5.48. The number of hydrogen-bond acceptors (Lipinski definition) is 3. The number of quaternary nitrogens is 1. The van der Waals surface area contributed by atoms with Crippen LogP contribution in [0.15, 0.2) is 24.5 Å². The van der Waals surface area contributed by atoms with E-state index in [9.17, 15) is 0 Å². The van der Waals surface area contributed by atoms with Gasteiger partial charge >= 0.3 is 0 Å². The lowest BCUT2D eigenvalue weighted by Crippen LogP contribution is -3.13. The lowest BCUT2D eigenvalue weighted by molar-refractivity contribution is -0.930. The summed E-state index contributed by atoms with van der Waals surface area (Å²) >= 11 is 0. The molecule has 4 heteroatoms. The molecule has 1 fully saturated rings. The van der Waals surface area contributed by atoms with E-state index in [1.807, 2.05) is 18.5 Å². The van der Waals surface area contributed by atoms with Crippen LogP contribution in [0.1, 0.15) is 43.7 Å². The highest BCUT2D eigenvalue weighted by Gasteiger charge is 2.26. The van der Waals surface area contributed by atoms with Gasteiger partial charge < -0.3 is 9.64 Å². The Morgan fingerprint density at radius 2 is 2.18 bits per heavy atom. The summed E-state index contributed by atoms with van der Waals surface area (Å²) in [5.74, 6) is 6.48. The number of rotatable bonds is 6. The van der Waals surface area contributed by atoms with Crippen molar-refractivity contribution in [1.82, 2.24) is 4.98 Å². The van der Waals surface area contributed by atoms with Gasteiger partial charge in [0, 0.05) is 30.8 Å². The second kappa shape index (κ2) is 9.95. The van der Waals surface area contributed by atoms with Crippen molar-refractivity contribution in [1.29, 1.82) is 5.26 Å². The molecule has 4 nitrogen and oxygen atoms in total. The van der Waals surface area contributed by atoms with Crippen LogP contribution in [0.2, 0.25) is 0 Å². The molecule has 1 N–H and O–H groups in total. The highest BCUT2D eigenvalue weighted by Crippen LogP contribution is 2.17. The number of nitriles is 1. The van der Waals surface area contributed by atoms with Crippen molar-refractivity contribution in [2.45, 2.75) is 38.1 Å². The Kier molecular flexibility index (Phi) is 7.46. The van der Waals surface area contributed by atoms with E-state index in [-0.39, 0.29) is 0 Å². The summed E-state index contributed by atoms with van der Waals surface area (Å²) in [6.45, 7) is 3.21. The van der Waals surface area contributed by atoms with Crippen molar-refractivity contribution in [3.05, 3.63) is 30.1 Å². The number of ether oxygens (including phenoxy) is 1. The van der Waals surface area contributed by atoms with Gasteiger partial charge in [-0.15, -0.1) is 0 Å². The molecule has 0 aromatic carbocycles. The maximum absolute atomic E-state index is 8.40. The molecule has 0 radical (unpaired) electrons. The van der Waals surface area contributed by atoms with Crippen LogP contribution in [-0.4, -0.2) is 31.3 Å². The Hall–Kier alpha value is -1.88. The first kappa shape index (κ1) is 16.5. The maximum atomic E-state index is 8.40. The topological polar surface area (TPSA) is 50.3 Å². The Morgan fingerprint density at radius 3 is 3.00 bits per heavy atom. The fraction of sp³-hybridized carbons (Fsp3) is 0.556. The minimum Gasteiger partial charge on any atom is -0.379 e. The summed E-state index contributed by atoms with van der Waals surface area (Å²) in [6, 6.07) is 6.79. The van der Waals surface area contributed by atoms with Crippen molar-refractivity contribution < 1.29 is 9.64 Å². The molecule has 2 rings (SSSR count). The van der Waals surface area contributed by atoms with E-state index in [4.69, 9.17) is 10.00 Å². The van der Waals surface area contributed by atoms with Gasteiger partial charge in [0.15, 0.2) is 0 Å². The van der Waals surface area contributed by atoms with E-state index < -0.39 is 0 Å². The fourth-order valence-corrected chi connectivity index (χ4v) is 2.88. The van der Waals surface area contributed by atoms with Gasteiger partial charge in [0.25, 0.3) is 0 Å². The largest absolute Gasteiger partial charge is 0.379 e. The van der Waals surface area contributed by atoms with Crippen molar-refractivity contribution >= 4 is 0 Å². The van der Waals surface area contributed by atoms with Gasteiger partial charge in [-0.3, -0.25) is 4.98 Å². The molecule has 2 heterocycles. The molecule has 1 aromatic heterocycles. The van der Waals surface area contributed by atoms with Crippen LogP contribution in [0.3, 0.4) is 0 Å². The van der Waals surface area contributed by atoms with Crippen LogP contribution in [0, 0.1) is 23.2 Å². The number of hydrogen-bond donors (Lipinski definition) is 1. The number of nitrogens with zero attached hydrogens (tertiary/aromatic N) is 2. The average molecular weight is 298 g/mol. The van der Waals surface area contributed by atoms with Crippen LogP contribution >= 0.6 is 0 Å². The predicted octanol–water partition coefficient (Wildman–Crippen LogP) is 1.52. The predicted molar refractivity (Wildman–Crippen MR) is 85.0 cm³/mol. The first-order valence-electron chi connectivity index (χ1n) is 8.06. The van der Waals surface area contributed by atoms with Gasteiger partial charge in [-0.2, -0.15) is 5.26 Å². The zero-order valence-corrected chi connectivity index (χ0v) is 13.1. The maximum Gasteiger partial charge on any atom is 0.139 e. The lowest BCUT2D eigenvalue weighted by atomic mass is 9.96. The summed E-state index contributed by atoms with van der Waals surface area (Å²) in [5.41, 5.74) is 1.33. The van der Waals surface area contributed by atoms with Crippen LogP contribution < -0.4 is 4.90 Å². The molecule has 1 aliphatic heterocycles. The summed E-state index contributed by atoms with van der Waals surface area (Å²) in [7, 11) is 0. The highest BCUT2D eigenvalue weighted by atomic mass is 16.5. The number of likely N-dealkylation sites (tertiary alicyclic amines) is 1. The third-order valence-electron chi connectivity index (χ3n) is 3.99. The number of nitrogens with one attached hydrogen (secondary N) is 1. The van der Waals surface area contributed by atoms with E-state index in [0.717, 1.165) is 13.0 Å². The van der Waals surface area contributed by atoms with E-state index in [1.165, 1.54) is 31.4 Å². The molecular formula is C18H24N3O+. The summed E-state index contributed by atoms with van der Waals surface area (Å²) in [6.07, 6.45) is 8.83. The molecule has 116 valence electrons. The first-order chi connectivity index (χ1) is 10.9. The Morgan fingerprint density at radius 1 is 1.27 bits per heavy atom. The van der Waals surface area contributed by atoms with Crippen molar-refractivity contribution in [2.24, 2.45) is 0 Å². The van der Waals surface area contributed by atoms with Crippen LogP contribution in [0.25, 0.3) is 0 Å². The standard InChI is InChI=1S/C18H23N3O/c19-10-7-15-22-14-5-1-3-12-21-13-4-2-9-18(21)17-8-6-11-20-16-17/h6,8,11,16,18H,2,4-5,7,9,12-15H2/p+1/t18-/m1/s1. The van der Waals surface area contributed by atoms with Crippen LogP contribution in [0.5, 0.6) is 0 Å². The van der Waals surface area contributed by atoms with Gasteiger partial charge in [0.1, 0.15) is 12.6 Å². The van der Waals surface area contributed by atoms with Crippen molar-refractivity contribution in [2.75, 3.05) is 26.3 Å². The molecule has 0 spiro atoms. The zero-order valence-electron chi connectivity index (χ0n) is 13.1. The van der Waals surface area contributed by atoms with Gasteiger partial charge in [0.05, 0.1) is 32.2 Å². The molecule has 0 saturated carbocycles. The summed E-state index contributed by atoms with van der Waals surface area (Å²) in [5, 5.41) is 8.40. The molecule has 1 saturated heterocycles. The second-order valence-corrected chi connectivity index (χ2v) is 5.54. The monoisotopic (exact) mass is 298 g/mol. The molecule has 1 unspecified atom stereocenters. The summed E-state index contributed by atoms with van der Waals surface area (Å²) < 4.78 is 5.32. The number of aromatic nitrogens is 1. The van der Waals surface area contributed by atoms with Crippen molar-refractivity contribution in [3.8, 4) is 17.9 Å². The van der Waals surface area contributed by atoms with Crippen LogP contribution in [0.4, 0.5) is 0 Å². The van der Waals surface area contributed by atoms with E-state index in [1.54, 1.807) is 4.90 Å². The van der Waals surface area contributed by atoms with Crippen molar-refractivity contribution in [3.63, 3.8) is 0 Å². The normalized spacial score (nSPS) is 20.7. The minimum absolute atomic E-state index is 0.456. The van der Waals surface area contributed by atoms with Gasteiger partial charge in [-0.05, 0) is 24.8 Å². The third-order valence-corrected chi connectivity index (χ3v) is 3.99. The number of piperidine rings is 1. The molecule has 2 atom stereocenters. The van der Waals surface area contributed by atoms with Gasteiger partial charge in [-0.25, -0.2) is 0 Å². The molecule has 1 aliphatic rings. The van der Waals surface area contributed by atoms with E-state index in [0.29, 0.717) is 25.7 Å². The van der Waals surface area contributed by atoms with E-state index in [2.05, 4.69) is 29.0 Å². The molecule has 0 bridgehead atoms. The fourth-order valence-electron chi connectivity index (χ4n) is 2.88. The molecule has 1 aromatic rings. The second-order valence-electron chi connectivity index (χ2n) is 5.54. The minimum atomic E-state index is 0.456. The van der Waals surface area contributed by atoms with Gasteiger partial charge in [0.2, 0.25) is 0 Å². The molecule has 0 aliphatic carbocycles. The highest BCUT2D eigenvalue weighted by molar-refractivity contribution is 5.12. The Balaban J connectivity index is 1.77. The Labute approximate surface area is 133 Å². The first-order valence-corrected chi connectivity index (χ1v) is 8.06. The quantitative estimate of drug-likeness (QED) is 0.640. The molecule has 0 amide bonds. The van der Waals surface area contributed by atoms with E-state index >= 15 is 0 Å². The molecular weight excluding hydrogens is 274 g/mol. The summed E-state index contributed by atoms with van der Waals surface area (Å²) in [4.78, 5) is 5.80. The smallest absolute Gasteiger partial charge is 0.139 e. The van der Waals surface area contributed by atoms with Gasteiger partial charge in [-0.1, -0.05) is 12.0 Å². The number of pyridine rings is 1. The lowest BCUT2D eigenvalue weighted by Gasteiger charge is -2.31. The molecule has 22 heavy (non-hydrogen) atoms. The Bertz CT molecular complexity index is 527.